The summed E-state index contributed by atoms with van der Waals surface area (Å²) in [5.74, 6) is 0.350. The van der Waals surface area contributed by atoms with Crippen LogP contribution in [0, 0.1) is 5.92 Å². The summed E-state index contributed by atoms with van der Waals surface area (Å²) in [5, 5.41) is 0. The molecule has 0 aliphatic rings. The molecule has 1 heterocycles. The van der Waals surface area contributed by atoms with Gasteiger partial charge in [0.25, 0.3) is 0 Å². The first-order chi connectivity index (χ1) is 7.52. The number of amides is 1. The van der Waals surface area contributed by atoms with Crippen LogP contribution >= 0.6 is 0 Å². The second-order valence-corrected chi connectivity index (χ2v) is 4.34. The molecule has 0 fully saturated rings. The zero-order chi connectivity index (χ0) is 12.1. The van der Waals surface area contributed by atoms with Crippen LogP contribution in [0.25, 0.3) is 0 Å². The average molecular weight is 221 g/mol. The molecule has 0 bridgehead atoms. The molecular weight excluding hydrogens is 202 g/mol. The summed E-state index contributed by atoms with van der Waals surface area (Å²) in [4.78, 5) is 17.5. The molecule has 88 valence electrons. The Kier molecular flexibility index (Phi) is 4.43. The van der Waals surface area contributed by atoms with Gasteiger partial charge in [-0.25, -0.2) is 0 Å². The molecule has 1 atom stereocenters. The van der Waals surface area contributed by atoms with Crippen LogP contribution in [0.2, 0.25) is 0 Å². The normalized spacial score (nSPS) is 12.6. The minimum absolute atomic E-state index is 0.0679. The highest BCUT2D eigenvalue weighted by atomic mass is 16.2. The van der Waals surface area contributed by atoms with E-state index in [-0.39, 0.29) is 5.91 Å². The third kappa shape index (κ3) is 3.31. The van der Waals surface area contributed by atoms with Gasteiger partial charge in [-0.1, -0.05) is 13.8 Å². The van der Waals surface area contributed by atoms with E-state index in [1.54, 1.807) is 30.4 Å². The molecule has 0 aromatic carbocycles. The smallest absolute Gasteiger partial charge is 0.243 e. The van der Waals surface area contributed by atoms with Gasteiger partial charge in [-0.3, -0.25) is 9.78 Å². The monoisotopic (exact) mass is 221 g/mol. The van der Waals surface area contributed by atoms with Crippen LogP contribution in [0.1, 0.15) is 20.3 Å². The van der Waals surface area contributed by atoms with E-state index < -0.39 is 6.04 Å². The van der Waals surface area contributed by atoms with Crippen LogP contribution in [-0.4, -0.2) is 24.0 Å². The van der Waals surface area contributed by atoms with Gasteiger partial charge in [0.1, 0.15) is 0 Å². The van der Waals surface area contributed by atoms with Crippen molar-refractivity contribution in [2.45, 2.75) is 26.3 Å². The SMILES string of the molecule is CC(C)C[C@H](N)C(=O)N(C)c1cccnc1. The second-order valence-electron chi connectivity index (χ2n) is 4.34. The highest BCUT2D eigenvalue weighted by Gasteiger charge is 2.19. The van der Waals surface area contributed by atoms with Crippen LogP contribution in [0.4, 0.5) is 5.69 Å². The van der Waals surface area contributed by atoms with Crippen molar-refractivity contribution in [1.29, 1.82) is 0 Å². The summed E-state index contributed by atoms with van der Waals surface area (Å²) in [6, 6.07) is 3.20. The van der Waals surface area contributed by atoms with Gasteiger partial charge in [0.2, 0.25) is 5.91 Å². The molecule has 1 amide bonds. The number of pyridine rings is 1. The van der Waals surface area contributed by atoms with Crippen LogP contribution in [0.15, 0.2) is 24.5 Å². The summed E-state index contributed by atoms with van der Waals surface area (Å²) >= 11 is 0. The van der Waals surface area contributed by atoms with Crippen molar-refractivity contribution < 1.29 is 4.79 Å². The first-order valence-corrected chi connectivity index (χ1v) is 5.45. The van der Waals surface area contributed by atoms with Crippen molar-refractivity contribution in [3.05, 3.63) is 24.5 Å². The predicted molar refractivity (Wildman–Crippen MR) is 65.1 cm³/mol. The van der Waals surface area contributed by atoms with E-state index in [1.807, 2.05) is 6.07 Å². The zero-order valence-corrected chi connectivity index (χ0v) is 10.1. The highest BCUT2D eigenvalue weighted by molar-refractivity contribution is 5.96. The van der Waals surface area contributed by atoms with Gasteiger partial charge < -0.3 is 10.6 Å². The van der Waals surface area contributed by atoms with Crippen LogP contribution in [-0.2, 0) is 4.79 Å². The molecule has 0 spiro atoms. The van der Waals surface area contributed by atoms with E-state index in [9.17, 15) is 4.79 Å². The van der Waals surface area contributed by atoms with Crippen molar-refractivity contribution in [3.8, 4) is 0 Å². The largest absolute Gasteiger partial charge is 0.320 e. The fraction of sp³-hybridized carbons (Fsp3) is 0.500. The number of hydrogen-bond acceptors (Lipinski definition) is 3. The maximum atomic E-state index is 12.0. The van der Waals surface area contributed by atoms with E-state index in [2.05, 4.69) is 18.8 Å². The molecule has 0 unspecified atom stereocenters. The third-order valence-electron chi connectivity index (χ3n) is 2.41. The Morgan fingerprint density at radius 1 is 1.56 bits per heavy atom. The molecule has 0 saturated heterocycles. The summed E-state index contributed by atoms with van der Waals surface area (Å²) in [6.45, 7) is 4.11. The van der Waals surface area contributed by atoms with Gasteiger partial charge in [0, 0.05) is 13.2 Å². The van der Waals surface area contributed by atoms with Gasteiger partial charge >= 0.3 is 0 Å². The average Bonchev–Trinajstić information content (AvgIpc) is 2.27. The van der Waals surface area contributed by atoms with Gasteiger partial charge in [-0.15, -0.1) is 0 Å². The summed E-state index contributed by atoms with van der Waals surface area (Å²) in [5.41, 5.74) is 6.61. The number of hydrogen-bond donors (Lipinski definition) is 1. The number of aromatic nitrogens is 1. The molecule has 0 saturated carbocycles. The topological polar surface area (TPSA) is 59.2 Å². The Hall–Kier alpha value is -1.42. The molecule has 2 N–H and O–H groups in total. The van der Waals surface area contributed by atoms with Crippen LogP contribution in [0.3, 0.4) is 0 Å². The molecule has 1 rings (SSSR count). The van der Waals surface area contributed by atoms with E-state index in [0.29, 0.717) is 12.3 Å². The van der Waals surface area contributed by atoms with Crippen LogP contribution < -0.4 is 10.6 Å². The molecule has 4 nitrogen and oxygen atoms in total. The Morgan fingerprint density at radius 2 is 2.25 bits per heavy atom. The number of carbonyl (C=O) groups excluding carboxylic acids is 1. The van der Waals surface area contributed by atoms with E-state index in [4.69, 9.17) is 5.73 Å². The quantitative estimate of drug-likeness (QED) is 0.836. The predicted octanol–water partition coefficient (Wildman–Crippen LogP) is 1.42. The number of carbonyl (C=O) groups is 1. The second kappa shape index (κ2) is 5.61. The van der Waals surface area contributed by atoms with Gasteiger partial charge in [-0.05, 0) is 24.5 Å². The minimum atomic E-state index is -0.440. The molecule has 16 heavy (non-hydrogen) atoms. The first-order valence-electron chi connectivity index (χ1n) is 5.45. The Balaban J connectivity index is 2.67. The van der Waals surface area contributed by atoms with E-state index in [1.165, 1.54) is 0 Å². The number of rotatable bonds is 4. The Labute approximate surface area is 96.5 Å². The lowest BCUT2D eigenvalue weighted by Crippen LogP contribution is -2.42. The lowest BCUT2D eigenvalue weighted by molar-refractivity contribution is -0.119. The lowest BCUT2D eigenvalue weighted by Gasteiger charge is -2.21. The van der Waals surface area contributed by atoms with Crippen LogP contribution in [0.5, 0.6) is 0 Å². The maximum Gasteiger partial charge on any atom is 0.243 e. The third-order valence-corrected chi connectivity index (χ3v) is 2.41. The maximum absolute atomic E-state index is 12.0. The van der Waals surface area contributed by atoms with Crippen molar-refractivity contribution in [2.75, 3.05) is 11.9 Å². The lowest BCUT2D eigenvalue weighted by atomic mass is 10.0. The molecule has 0 aliphatic carbocycles. The van der Waals surface area contributed by atoms with Crippen molar-refractivity contribution >= 4 is 11.6 Å². The Bertz CT molecular complexity index is 337. The summed E-state index contributed by atoms with van der Waals surface area (Å²) in [7, 11) is 1.72. The first kappa shape index (κ1) is 12.6. The molecular formula is C12H19N3O. The Morgan fingerprint density at radius 3 is 2.75 bits per heavy atom. The van der Waals surface area contributed by atoms with Gasteiger partial charge in [0.15, 0.2) is 0 Å². The molecule has 1 aromatic heterocycles. The van der Waals surface area contributed by atoms with Crippen molar-refractivity contribution in [2.24, 2.45) is 11.7 Å². The highest BCUT2D eigenvalue weighted by Crippen LogP contribution is 2.12. The minimum Gasteiger partial charge on any atom is -0.320 e. The van der Waals surface area contributed by atoms with Gasteiger partial charge in [-0.2, -0.15) is 0 Å². The molecule has 0 aliphatic heterocycles. The molecule has 0 radical (unpaired) electrons. The standard InChI is InChI=1S/C12H19N3O/c1-9(2)7-11(13)12(16)15(3)10-5-4-6-14-8-10/h4-6,8-9,11H,7,13H2,1-3H3/t11-/m0/s1. The van der Waals surface area contributed by atoms with Crippen molar-refractivity contribution in [3.63, 3.8) is 0 Å². The number of nitrogens with zero attached hydrogens (tertiary/aromatic N) is 2. The summed E-state index contributed by atoms with van der Waals surface area (Å²) in [6.07, 6.45) is 4.03. The molecule has 1 aromatic rings. The zero-order valence-electron chi connectivity index (χ0n) is 10.1. The number of anilines is 1. The fourth-order valence-corrected chi connectivity index (χ4v) is 1.54. The van der Waals surface area contributed by atoms with E-state index >= 15 is 0 Å². The summed E-state index contributed by atoms with van der Waals surface area (Å²) < 4.78 is 0. The van der Waals surface area contributed by atoms with E-state index in [0.717, 1.165) is 5.69 Å². The van der Waals surface area contributed by atoms with Crippen molar-refractivity contribution in [1.82, 2.24) is 4.98 Å². The fourth-order valence-electron chi connectivity index (χ4n) is 1.54. The van der Waals surface area contributed by atoms with Gasteiger partial charge in [0.05, 0.1) is 17.9 Å². The molecule has 4 heteroatoms. The number of likely N-dealkylation sites (N-methyl/N-ethyl adjacent to an activating group) is 1. The number of nitrogens with two attached hydrogens (primary N) is 1.